The zero-order valence-corrected chi connectivity index (χ0v) is 16.0. The zero-order valence-electron chi connectivity index (χ0n) is 16.0. The molecule has 3 aromatic carbocycles. The quantitative estimate of drug-likeness (QED) is 0.332. The smallest absolute Gasteiger partial charge is 0.335 e. The van der Waals surface area contributed by atoms with E-state index < -0.39 is 10.9 Å². The van der Waals surface area contributed by atoms with Gasteiger partial charge in [-0.25, -0.2) is 4.79 Å². The second kappa shape index (κ2) is 9.33. The standard InChI is InChI=1S/C22H18N2O6/c1-29-21-12-16(13-23-18-7-9-19(10-8-18)24(27)28)4-11-20(21)30-14-15-2-5-17(6-3-15)22(25)26/h2-13H,14H2,1H3,(H,25,26). The number of non-ortho nitro benzene ring substituents is 1. The predicted octanol–water partition coefficient (Wildman–Crippen LogP) is 4.63. The second-order valence-corrected chi connectivity index (χ2v) is 6.23. The molecular formula is C22H18N2O6. The van der Waals surface area contributed by atoms with Gasteiger partial charge in [-0.05, 0) is 53.6 Å². The average Bonchev–Trinajstić information content (AvgIpc) is 2.77. The lowest BCUT2D eigenvalue weighted by molar-refractivity contribution is -0.384. The van der Waals surface area contributed by atoms with E-state index >= 15 is 0 Å². The van der Waals surface area contributed by atoms with Gasteiger partial charge >= 0.3 is 5.97 Å². The molecule has 152 valence electrons. The lowest BCUT2D eigenvalue weighted by atomic mass is 10.1. The number of benzene rings is 3. The molecule has 0 atom stereocenters. The van der Waals surface area contributed by atoms with E-state index in [0.717, 1.165) is 11.1 Å². The Morgan fingerprint density at radius 2 is 1.77 bits per heavy atom. The van der Waals surface area contributed by atoms with Crippen molar-refractivity contribution in [2.75, 3.05) is 7.11 Å². The van der Waals surface area contributed by atoms with Gasteiger partial charge in [0.2, 0.25) is 0 Å². The number of aromatic carboxylic acids is 1. The van der Waals surface area contributed by atoms with Gasteiger partial charge in [0.05, 0.1) is 23.3 Å². The Morgan fingerprint density at radius 1 is 1.07 bits per heavy atom. The van der Waals surface area contributed by atoms with Gasteiger partial charge < -0.3 is 14.6 Å². The molecule has 3 aromatic rings. The van der Waals surface area contributed by atoms with E-state index in [0.29, 0.717) is 17.2 Å². The molecule has 0 aromatic heterocycles. The maximum absolute atomic E-state index is 10.9. The highest BCUT2D eigenvalue weighted by Gasteiger charge is 2.07. The van der Waals surface area contributed by atoms with Crippen molar-refractivity contribution in [3.05, 3.63) is 93.5 Å². The van der Waals surface area contributed by atoms with E-state index in [-0.39, 0.29) is 17.9 Å². The van der Waals surface area contributed by atoms with Crippen LogP contribution in [0.1, 0.15) is 21.5 Å². The normalized spacial score (nSPS) is 10.7. The van der Waals surface area contributed by atoms with E-state index in [2.05, 4.69) is 4.99 Å². The number of carboxylic acid groups (broad SMARTS) is 1. The number of carboxylic acids is 1. The first kappa shape index (κ1) is 20.5. The molecule has 0 aliphatic rings. The number of aliphatic imine (C=N–C) groups is 1. The molecule has 0 saturated heterocycles. The van der Waals surface area contributed by atoms with Crippen LogP contribution in [0.15, 0.2) is 71.7 Å². The third-order valence-corrected chi connectivity index (χ3v) is 4.21. The highest BCUT2D eigenvalue weighted by molar-refractivity contribution is 5.87. The van der Waals surface area contributed by atoms with Crippen LogP contribution in [0, 0.1) is 10.1 Å². The van der Waals surface area contributed by atoms with E-state index in [1.807, 2.05) is 0 Å². The van der Waals surface area contributed by atoms with Crippen molar-refractivity contribution in [1.29, 1.82) is 0 Å². The summed E-state index contributed by atoms with van der Waals surface area (Å²) in [5.41, 5.74) is 2.40. The van der Waals surface area contributed by atoms with Crippen LogP contribution >= 0.6 is 0 Å². The van der Waals surface area contributed by atoms with Crippen LogP contribution in [0.3, 0.4) is 0 Å². The molecule has 30 heavy (non-hydrogen) atoms. The first-order valence-electron chi connectivity index (χ1n) is 8.88. The van der Waals surface area contributed by atoms with Gasteiger partial charge in [-0.3, -0.25) is 15.1 Å². The molecule has 0 amide bonds. The van der Waals surface area contributed by atoms with Crippen molar-refractivity contribution < 1.29 is 24.3 Å². The van der Waals surface area contributed by atoms with Crippen molar-refractivity contribution >= 4 is 23.6 Å². The minimum atomic E-state index is -0.977. The van der Waals surface area contributed by atoms with E-state index in [1.54, 1.807) is 48.7 Å². The molecule has 0 radical (unpaired) electrons. The Morgan fingerprint density at radius 3 is 2.37 bits per heavy atom. The van der Waals surface area contributed by atoms with Crippen molar-refractivity contribution in [3.63, 3.8) is 0 Å². The molecule has 8 heteroatoms. The summed E-state index contributed by atoms with van der Waals surface area (Å²) in [7, 11) is 1.53. The molecule has 0 fully saturated rings. The van der Waals surface area contributed by atoms with Crippen molar-refractivity contribution in [2.45, 2.75) is 6.61 Å². The SMILES string of the molecule is COc1cc(C=Nc2ccc([N+](=O)[O-])cc2)ccc1OCc1ccc(C(=O)O)cc1. The number of ether oxygens (including phenoxy) is 2. The highest BCUT2D eigenvalue weighted by Crippen LogP contribution is 2.29. The summed E-state index contributed by atoms with van der Waals surface area (Å²) >= 11 is 0. The molecule has 0 saturated carbocycles. The minimum absolute atomic E-state index is 0.00900. The summed E-state index contributed by atoms with van der Waals surface area (Å²) in [4.78, 5) is 25.5. The summed E-state index contributed by atoms with van der Waals surface area (Å²) in [6, 6.07) is 17.7. The number of rotatable bonds is 8. The van der Waals surface area contributed by atoms with Crippen molar-refractivity contribution in [1.82, 2.24) is 0 Å². The maximum atomic E-state index is 10.9. The van der Waals surface area contributed by atoms with E-state index in [1.165, 1.54) is 31.4 Å². The number of methoxy groups -OCH3 is 1. The van der Waals surface area contributed by atoms with Crippen molar-refractivity contribution in [3.8, 4) is 11.5 Å². The van der Waals surface area contributed by atoms with E-state index in [9.17, 15) is 14.9 Å². The maximum Gasteiger partial charge on any atom is 0.335 e. The first-order valence-corrected chi connectivity index (χ1v) is 8.88. The first-order chi connectivity index (χ1) is 14.5. The van der Waals surface area contributed by atoms with E-state index in [4.69, 9.17) is 14.6 Å². The van der Waals surface area contributed by atoms with Gasteiger partial charge in [0.25, 0.3) is 5.69 Å². The molecular weight excluding hydrogens is 388 g/mol. The molecule has 0 unspecified atom stereocenters. The largest absolute Gasteiger partial charge is 0.493 e. The van der Waals surface area contributed by atoms with Crippen LogP contribution in [0.5, 0.6) is 11.5 Å². The van der Waals surface area contributed by atoms with Gasteiger partial charge in [0.1, 0.15) is 6.61 Å². The summed E-state index contributed by atoms with van der Waals surface area (Å²) in [6.07, 6.45) is 1.62. The Labute approximate surface area is 172 Å². The minimum Gasteiger partial charge on any atom is -0.493 e. The van der Waals surface area contributed by atoms with Gasteiger partial charge in [-0.1, -0.05) is 12.1 Å². The van der Waals surface area contributed by atoms with Crippen LogP contribution in [0.4, 0.5) is 11.4 Å². The molecule has 8 nitrogen and oxygen atoms in total. The Hall–Kier alpha value is -4.20. The fourth-order valence-corrected chi connectivity index (χ4v) is 2.60. The lowest BCUT2D eigenvalue weighted by Crippen LogP contribution is -2.00. The molecule has 3 rings (SSSR count). The molecule has 0 aliphatic carbocycles. The van der Waals surface area contributed by atoms with Crippen LogP contribution < -0.4 is 9.47 Å². The van der Waals surface area contributed by atoms with Crippen LogP contribution in [-0.4, -0.2) is 29.3 Å². The van der Waals surface area contributed by atoms with Gasteiger partial charge in [0, 0.05) is 18.3 Å². The Bertz CT molecular complexity index is 1080. The molecule has 0 heterocycles. The average molecular weight is 406 g/mol. The third-order valence-electron chi connectivity index (χ3n) is 4.21. The number of hydrogen-bond acceptors (Lipinski definition) is 6. The number of nitro benzene ring substituents is 1. The molecule has 0 spiro atoms. The summed E-state index contributed by atoms with van der Waals surface area (Å²) in [5, 5.41) is 19.6. The highest BCUT2D eigenvalue weighted by atomic mass is 16.6. The predicted molar refractivity (Wildman–Crippen MR) is 111 cm³/mol. The fraction of sp³-hybridized carbons (Fsp3) is 0.0909. The van der Waals surface area contributed by atoms with Gasteiger partial charge in [-0.2, -0.15) is 0 Å². The van der Waals surface area contributed by atoms with Crippen LogP contribution in [-0.2, 0) is 6.61 Å². The number of carbonyl (C=O) groups is 1. The molecule has 1 N–H and O–H groups in total. The molecule has 0 bridgehead atoms. The molecule has 0 aliphatic heterocycles. The number of nitrogens with zero attached hydrogens (tertiary/aromatic N) is 2. The van der Waals surface area contributed by atoms with Gasteiger partial charge in [0.15, 0.2) is 11.5 Å². The fourth-order valence-electron chi connectivity index (χ4n) is 2.60. The summed E-state index contributed by atoms with van der Waals surface area (Å²) in [5.74, 6) is 0.0761. The lowest BCUT2D eigenvalue weighted by Gasteiger charge is -2.11. The van der Waals surface area contributed by atoms with Gasteiger partial charge in [-0.15, -0.1) is 0 Å². The Balaban J connectivity index is 1.68. The van der Waals surface area contributed by atoms with Crippen LogP contribution in [0.2, 0.25) is 0 Å². The van der Waals surface area contributed by atoms with Crippen LogP contribution in [0.25, 0.3) is 0 Å². The summed E-state index contributed by atoms with van der Waals surface area (Å²) in [6.45, 7) is 0.256. The third kappa shape index (κ3) is 5.20. The zero-order chi connectivity index (χ0) is 21.5. The number of nitro groups is 1. The number of hydrogen-bond donors (Lipinski definition) is 1. The second-order valence-electron chi connectivity index (χ2n) is 6.23. The van der Waals surface area contributed by atoms with Crippen molar-refractivity contribution in [2.24, 2.45) is 4.99 Å². The topological polar surface area (TPSA) is 111 Å². The summed E-state index contributed by atoms with van der Waals surface area (Å²) < 4.78 is 11.2. The Kier molecular flexibility index (Phi) is 6.39. The monoisotopic (exact) mass is 406 g/mol.